The minimum Gasteiger partial charge on any atom is -0.494 e. The predicted octanol–water partition coefficient (Wildman–Crippen LogP) is -0.186. The van der Waals surface area contributed by atoms with E-state index in [2.05, 4.69) is 0 Å². The molecule has 0 fully saturated rings. The zero-order valence-electron chi connectivity index (χ0n) is 4.98. The summed E-state index contributed by atoms with van der Waals surface area (Å²) in [6.45, 7) is -0.0752. The van der Waals surface area contributed by atoms with Gasteiger partial charge in [-0.2, -0.15) is 0 Å². The van der Waals surface area contributed by atoms with Crippen LogP contribution in [-0.2, 0) is 11.3 Å². The van der Waals surface area contributed by atoms with Crippen LogP contribution < -0.4 is 4.87 Å². The first-order valence-corrected chi connectivity index (χ1v) is 3.44. The summed E-state index contributed by atoms with van der Waals surface area (Å²) in [5.41, 5.74) is 0. The van der Waals surface area contributed by atoms with Crippen molar-refractivity contribution in [1.29, 1.82) is 0 Å². The molecule has 1 heterocycles. The van der Waals surface area contributed by atoms with E-state index >= 15 is 0 Å². The van der Waals surface area contributed by atoms with Crippen LogP contribution in [0.5, 0.6) is 5.88 Å². The van der Waals surface area contributed by atoms with Crippen molar-refractivity contribution in [3.05, 3.63) is 15.0 Å². The maximum Gasteiger partial charge on any atom is 0.310 e. The molecule has 4 nitrogen and oxygen atoms in total. The lowest BCUT2D eigenvalue weighted by molar-refractivity contribution is -0.108. The average molecular weight is 159 g/mol. The van der Waals surface area contributed by atoms with E-state index in [1.54, 1.807) is 0 Å². The lowest BCUT2D eigenvalue weighted by Crippen LogP contribution is -2.12. The number of carbonyl (C=O) groups excluding carboxylic acids is 1. The monoisotopic (exact) mass is 159 g/mol. The second-order valence-electron chi connectivity index (χ2n) is 1.64. The Labute approximate surface area is 60.3 Å². The SMILES string of the molecule is O=CCn1c(O)csc1=O. The summed E-state index contributed by atoms with van der Waals surface area (Å²) >= 11 is 0.869. The van der Waals surface area contributed by atoms with Gasteiger partial charge in [0.15, 0.2) is 0 Å². The third kappa shape index (κ3) is 1.08. The van der Waals surface area contributed by atoms with Gasteiger partial charge in [0.25, 0.3) is 0 Å². The summed E-state index contributed by atoms with van der Waals surface area (Å²) in [5.74, 6) is -0.151. The van der Waals surface area contributed by atoms with Crippen molar-refractivity contribution in [3.8, 4) is 5.88 Å². The molecule has 0 radical (unpaired) electrons. The molecule has 0 bridgehead atoms. The van der Waals surface area contributed by atoms with Gasteiger partial charge in [-0.1, -0.05) is 11.3 Å². The average Bonchev–Trinajstić information content (AvgIpc) is 2.20. The Bertz CT molecular complexity index is 287. The molecule has 1 N–H and O–H groups in total. The number of hydrogen-bond acceptors (Lipinski definition) is 4. The highest BCUT2D eigenvalue weighted by Crippen LogP contribution is 2.06. The molecule has 0 aromatic carbocycles. The Balaban J connectivity index is 3.10. The largest absolute Gasteiger partial charge is 0.494 e. The Morgan fingerprint density at radius 1 is 1.80 bits per heavy atom. The van der Waals surface area contributed by atoms with E-state index < -0.39 is 0 Å². The molecule has 0 spiro atoms. The summed E-state index contributed by atoms with van der Waals surface area (Å²) in [4.78, 5) is 20.3. The molecular weight excluding hydrogens is 154 g/mol. The topological polar surface area (TPSA) is 59.3 Å². The van der Waals surface area contributed by atoms with Crippen LogP contribution in [-0.4, -0.2) is 16.0 Å². The summed E-state index contributed by atoms with van der Waals surface area (Å²) < 4.78 is 0.998. The van der Waals surface area contributed by atoms with E-state index in [9.17, 15) is 9.59 Å². The van der Waals surface area contributed by atoms with E-state index in [1.165, 1.54) is 5.38 Å². The number of thiazole rings is 1. The van der Waals surface area contributed by atoms with Crippen molar-refractivity contribution in [2.24, 2.45) is 0 Å². The van der Waals surface area contributed by atoms with Gasteiger partial charge in [0, 0.05) is 0 Å². The number of carbonyl (C=O) groups is 1. The third-order valence-electron chi connectivity index (χ3n) is 1.02. The maximum atomic E-state index is 10.7. The highest BCUT2D eigenvalue weighted by molar-refractivity contribution is 7.07. The summed E-state index contributed by atoms with van der Waals surface area (Å²) in [6.07, 6.45) is 0.563. The van der Waals surface area contributed by atoms with Gasteiger partial charge in [-0.25, -0.2) is 0 Å². The molecule has 1 aromatic rings. The van der Waals surface area contributed by atoms with E-state index in [0.29, 0.717) is 6.29 Å². The van der Waals surface area contributed by atoms with Crippen molar-refractivity contribution in [1.82, 2.24) is 4.57 Å². The molecule has 5 heteroatoms. The Hall–Kier alpha value is -1.10. The Kier molecular flexibility index (Phi) is 1.86. The third-order valence-corrected chi connectivity index (χ3v) is 1.77. The van der Waals surface area contributed by atoms with Gasteiger partial charge in [0.05, 0.1) is 11.9 Å². The van der Waals surface area contributed by atoms with Gasteiger partial charge in [-0.05, 0) is 0 Å². The molecule has 54 valence electrons. The minimum atomic E-state index is -0.315. The first-order chi connectivity index (χ1) is 4.75. The van der Waals surface area contributed by atoms with Gasteiger partial charge in [0.2, 0.25) is 5.88 Å². The molecular formula is C5H5NO3S. The molecule has 0 amide bonds. The first-order valence-electron chi connectivity index (χ1n) is 2.56. The molecule has 0 unspecified atom stereocenters. The molecule has 0 aliphatic heterocycles. The van der Waals surface area contributed by atoms with Gasteiger partial charge in [-0.15, -0.1) is 0 Å². The van der Waals surface area contributed by atoms with E-state index in [1.807, 2.05) is 0 Å². The molecule has 0 atom stereocenters. The van der Waals surface area contributed by atoms with Gasteiger partial charge >= 0.3 is 4.87 Å². The molecule has 0 saturated heterocycles. The van der Waals surface area contributed by atoms with E-state index in [-0.39, 0.29) is 17.3 Å². The highest BCUT2D eigenvalue weighted by atomic mass is 32.1. The maximum absolute atomic E-state index is 10.7. The van der Waals surface area contributed by atoms with Crippen LogP contribution in [0.2, 0.25) is 0 Å². The van der Waals surface area contributed by atoms with Crippen molar-refractivity contribution < 1.29 is 9.90 Å². The van der Waals surface area contributed by atoms with E-state index in [4.69, 9.17) is 5.11 Å². The van der Waals surface area contributed by atoms with Crippen LogP contribution in [0.3, 0.4) is 0 Å². The number of nitrogens with zero attached hydrogens (tertiary/aromatic N) is 1. The van der Waals surface area contributed by atoms with Gasteiger partial charge < -0.3 is 9.90 Å². The van der Waals surface area contributed by atoms with Crippen LogP contribution in [0.25, 0.3) is 0 Å². The van der Waals surface area contributed by atoms with Crippen molar-refractivity contribution in [2.45, 2.75) is 6.54 Å². The van der Waals surface area contributed by atoms with Gasteiger partial charge in [-0.3, -0.25) is 9.36 Å². The summed E-state index contributed by atoms with van der Waals surface area (Å²) in [7, 11) is 0. The summed E-state index contributed by atoms with van der Waals surface area (Å²) in [5, 5.41) is 10.2. The molecule has 1 rings (SSSR count). The fraction of sp³-hybridized carbons (Fsp3) is 0.200. The molecule has 0 aliphatic rings. The zero-order valence-corrected chi connectivity index (χ0v) is 5.80. The second-order valence-corrected chi connectivity index (χ2v) is 2.46. The molecule has 0 saturated carbocycles. The smallest absolute Gasteiger partial charge is 0.310 e. The normalized spacial score (nSPS) is 9.60. The quantitative estimate of drug-likeness (QED) is 0.608. The fourth-order valence-corrected chi connectivity index (χ4v) is 1.20. The number of aldehydes is 1. The van der Waals surface area contributed by atoms with Crippen molar-refractivity contribution in [3.63, 3.8) is 0 Å². The van der Waals surface area contributed by atoms with Crippen LogP contribution >= 0.6 is 11.3 Å². The van der Waals surface area contributed by atoms with Gasteiger partial charge in [0.1, 0.15) is 6.29 Å². The standard InChI is InChI=1S/C5H5NO3S/c7-2-1-6-4(8)3-10-5(6)9/h2-3,8H,1H2. The van der Waals surface area contributed by atoms with Crippen molar-refractivity contribution in [2.75, 3.05) is 0 Å². The minimum absolute atomic E-state index is 0.0752. The fourth-order valence-electron chi connectivity index (χ4n) is 0.566. The number of hydrogen-bond donors (Lipinski definition) is 1. The Morgan fingerprint density at radius 3 is 2.90 bits per heavy atom. The van der Waals surface area contributed by atoms with Crippen LogP contribution in [0.4, 0.5) is 0 Å². The second kappa shape index (κ2) is 2.66. The predicted molar refractivity (Wildman–Crippen MR) is 36.3 cm³/mol. The first kappa shape index (κ1) is 7.01. The van der Waals surface area contributed by atoms with E-state index in [0.717, 1.165) is 15.9 Å². The number of aromatic nitrogens is 1. The zero-order chi connectivity index (χ0) is 7.56. The van der Waals surface area contributed by atoms with Crippen molar-refractivity contribution >= 4 is 17.6 Å². The number of aromatic hydroxyl groups is 1. The van der Waals surface area contributed by atoms with Crippen LogP contribution in [0, 0.1) is 0 Å². The molecule has 10 heavy (non-hydrogen) atoms. The highest BCUT2D eigenvalue weighted by Gasteiger charge is 2.01. The van der Waals surface area contributed by atoms with Crippen LogP contribution in [0.15, 0.2) is 10.2 Å². The lowest BCUT2D eigenvalue weighted by Gasteiger charge is -1.92. The number of rotatable bonds is 2. The molecule has 0 aliphatic carbocycles. The summed E-state index contributed by atoms with van der Waals surface area (Å²) in [6, 6.07) is 0. The Morgan fingerprint density at radius 2 is 2.50 bits per heavy atom. The van der Waals surface area contributed by atoms with Crippen LogP contribution in [0.1, 0.15) is 0 Å². The lowest BCUT2D eigenvalue weighted by atomic mass is 10.7. The molecule has 1 aromatic heterocycles.